The molecule has 2 heterocycles. The molecule has 2 aliphatic heterocycles. The average molecular weight is 447 g/mol. The van der Waals surface area contributed by atoms with Gasteiger partial charge in [-0.25, -0.2) is 4.79 Å². The Morgan fingerprint density at radius 2 is 2.00 bits per heavy atom. The summed E-state index contributed by atoms with van der Waals surface area (Å²) in [6.07, 6.45) is 7.69. The Morgan fingerprint density at radius 3 is 2.56 bits per heavy atom. The molecule has 0 amide bonds. The fourth-order valence-corrected chi connectivity index (χ4v) is 6.12. The Labute approximate surface area is 191 Å². The monoisotopic (exact) mass is 446 g/mol. The number of aliphatic hydroxyl groups excluding tert-OH is 1. The fraction of sp³-hybridized carbons (Fsp3) is 0.731. The molecule has 1 saturated heterocycles. The van der Waals surface area contributed by atoms with Crippen molar-refractivity contribution in [3.05, 3.63) is 35.5 Å². The molecular weight excluding hydrogens is 408 g/mol. The lowest BCUT2D eigenvalue weighted by Crippen LogP contribution is -2.71. The molecule has 0 radical (unpaired) electrons. The van der Waals surface area contributed by atoms with Gasteiger partial charge in [0.2, 0.25) is 0 Å². The van der Waals surface area contributed by atoms with Gasteiger partial charge in [-0.05, 0) is 44.1 Å². The lowest BCUT2D eigenvalue weighted by atomic mass is 9.44. The highest BCUT2D eigenvalue weighted by molar-refractivity contribution is 5.86. The fourth-order valence-electron chi connectivity index (χ4n) is 6.12. The zero-order chi connectivity index (χ0) is 23.5. The molecule has 6 heteroatoms. The van der Waals surface area contributed by atoms with Crippen LogP contribution in [0.4, 0.5) is 0 Å². The van der Waals surface area contributed by atoms with Gasteiger partial charge in [-0.1, -0.05) is 51.5 Å². The van der Waals surface area contributed by atoms with Crippen LogP contribution in [0.25, 0.3) is 0 Å². The number of esters is 1. The van der Waals surface area contributed by atoms with Gasteiger partial charge in [-0.15, -0.1) is 0 Å². The van der Waals surface area contributed by atoms with Crippen LogP contribution in [0.3, 0.4) is 0 Å². The second kappa shape index (κ2) is 7.79. The summed E-state index contributed by atoms with van der Waals surface area (Å²) in [5, 5.41) is 23.4. The number of ether oxygens (including phenoxy) is 3. The second-order valence-electron chi connectivity index (χ2n) is 11.1. The SMILES string of the molecule is CC1=CCC[C@H]2[C@@]1(C)[C@@H](OC[C@]1(C(C)C)CO1)[C@H](O)[C@](C)(O)[C@]2(C)/C=C/C1=CC(=O)OC1. The number of cyclic esters (lactones) is 1. The van der Waals surface area contributed by atoms with Crippen LogP contribution in [0.15, 0.2) is 35.5 Å². The first-order chi connectivity index (χ1) is 14.9. The maximum Gasteiger partial charge on any atom is 0.331 e. The van der Waals surface area contributed by atoms with Crippen molar-refractivity contribution < 1.29 is 29.2 Å². The predicted octanol–water partition coefficient (Wildman–Crippen LogP) is 3.33. The quantitative estimate of drug-likeness (QED) is 0.370. The normalized spacial score (nSPS) is 46.2. The third kappa shape index (κ3) is 3.42. The van der Waals surface area contributed by atoms with Gasteiger partial charge < -0.3 is 24.4 Å². The molecule has 0 bridgehead atoms. The van der Waals surface area contributed by atoms with E-state index in [0.29, 0.717) is 19.1 Å². The molecule has 0 aromatic carbocycles. The Balaban J connectivity index is 1.71. The molecule has 32 heavy (non-hydrogen) atoms. The summed E-state index contributed by atoms with van der Waals surface area (Å²) in [7, 11) is 0. The minimum atomic E-state index is -1.44. The number of carbonyl (C=O) groups excluding carboxylic acids is 1. The number of aliphatic hydroxyl groups is 2. The summed E-state index contributed by atoms with van der Waals surface area (Å²) in [5.41, 5.74) is -0.977. The van der Waals surface area contributed by atoms with Crippen molar-refractivity contribution in [3.8, 4) is 0 Å². The van der Waals surface area contributed by atoms with Gasteiger partial charge >= 0.3 is 5.97 Å². The second-order valence-corrected chi connectivity index (χ2v) is 11.1. The molecule has 6 nitrogen and oxygen atoms in total. The molecular formula is C26H38O6. The molecule has 0 aromatic heterocycles. The van der Waals surface area contributed by atoms with Crippen molar-refractivity contribution in [2.75, 3.05) is 19.8 Å². The smallest absolute Gasteiger partial charge is 0.331 e. The molecule has 1 saturated carbocycles. The van der Waals surface area contributed by atoms with Gasteiger partial charge in [0, 0.05) is 16.9 Å². The van der Waals surface area contributed by atoms with Crippen molar-refractivity contribution >= 4 is 5.97 Å². The Hall–Kier alpha value is -1.47. The van der Waals surface area contributed by atoms with E-state index in [4.69, 9.17) is 14.2 Å². The van der Waals surface area contributed by atoms with Crippen molar-refractivity contribution in [2.45, 2.75) is 77.8 Å². The molecule has 2 aliphatic carbocycles. The van der Waals surface area contributed by atoms with Gasteiger partial charge in [0.05, 0.1) is 24.9 Å². The number of carbonyl (C=O) groups is 1. The maximum absolute atomic E-state index is 11.8. The summed E-state index contributed by atoms with van der Waals surface area (Å²) in [6.45, 7) is 13.5. The van der Waals surface area contributed by atoms with Crippen LogP contribution in [-0.2, 0) is 19.0 Å². The van der Waals surface area contributed by atoms with Crippen LogP contribution < -0.4 is 0 Å². The van der Waals surface area contributed by atoms with E-state index in [-0.39, 0.29) is 24.1 Å². The van der Waals surface area contributed by atoms with E-state index in [0.717, 1.165) is 18.4 Å². The topological polar surface area (TPSA) is 88.5 Å². The average Bonchev–Trinajstić information content (AvgIpc) is 3.41. The van der Waals surface area contributed by atoms with E-state index in [2.05, 4.69) is 33.8 Å². The molecule has 2 fully saturated rings. The van der Waals surface area contributed by atoms with Crippen LogP contribution in [-0.4, -0.2) is 59.4 Å². The molecule has 178 valence electrons. The largest absolute Gasteiger partial charge is 0.458 e. The number of allylic oxidation sites excluding steroid dienone is 1. The van der Waals surface area contributed by atoms with Gasteiger partial charge in [-0.2, -0.15) is 0 Å². The summed E-state index contributed by atoms with van der Waals surface area (Å²) >= 11 is 0. The molecule has 0 spiro atoms. The van der Waals surface area contributed by atoms with Gasteiger partial charge in [0.15, 0.2) is 0 Å². The number of hydrogen-bond donors (Lipinski definition) is 2. The van der Waals surface area contributed by atoms with E-state index >= 15 is 0 Å². The third-order valence-electron chi connectivity index (χ3n) is 9.15. The molecule has 7 atom stereocenters. The van der Waals surface area contributed by atoms with Crippen molar-refractivity contribution in [1.82, 2.24) is 0 Å². The van der Waals surface area contributed by atoms with Gasteiger partial charge in [0.25, 0.3) is 0 Å². The number of epoxide rings is 1. The predicted molar refractivity (Wildman–Crippen MR) is 121 cm³/mol. The Kier molecular flexibility index (Phi) is 5.77. The minimum absolute atomic E-state index is 0.0356. The van der Waals surface area contributed by atoms with Crippen LogP contribution in [0.1, 0.15) is 54.4 Å². The van der Waals surface area contributed by atoms with Crippen LogP contribution in [0, 0.1) is 22.7 Å². The van der Waals surface area contributed by atoms with Crippen molar-refractivity contribution in [3.63, 3.8) is 0 Å². The van der Waals surface area contributed by atoms with Gasteiger partial charge in [0.1, 0.15) is 18.3 Å². The Morgan fingerprint density at radius 1 is 1.31 bits per heavy atom. The number of hydrogen-bond acceptors (Lipinski definition) is 6. The first-order valence-corrected chi connectivity index (χ1v) is 11.8. The van der Waals surface area contributed by atoms with E-state index in [9.17, 15) is 15.0 Å². The Bertz CT molecular complexity index is 864. The molecule has 4 aliphatic rings. The summed E-state index contributed by atoms with van der Waals surface area (Å²) in [4.78, 5) is 11.5. The lowest BCUT2D eigenvalue weighted by molar-refractivity contribution is -0.266. The summed E-state index contributed by atoms with van der Waals surface area (Å²) < 4.78 is 17.2. The minimum Gasteiger partial charge on any atom is -0.458 e. The van der Waals surface area contributed by atoms with E-state index in [1.54, 1.807) is 6.92 Å². The highest BCUT2D eigenvalue weighted by Crippen LogP contribution is 2.63. The first-order valence-electron chi connectivity index (χ1n) is 11.8. The zero-order valence-electron chi connectivity index (χ0n) is 20.2. The maximum atomic E-state index is 11.8. The number of rotatable bonds is 6. The molecule has 0 unspecified atom stereocenters. The highest BCUT2D eigenvalue weighted by Gasteiger charge is 2.67. The van der Waals surface area contributed by atoms with E-state index in [1.165, 1.54) is 11.6 Å². The van der Waals surface area contributed by atoms with Crippen LogP contribution in [0.5, 0.6) is 0 Å². The lowest BCUT2D eigenvalue weighted by Gasteiger charge is -2.64. The number of fused-ring (bicyclic) bond motifs is 1. The van der Waals surface area contributed by atoms with Crippen LogP contribution in [0.2, 0.25) is 0 Å². The standard InChI is InChI=1S/C26H38O6/c1-16(2)26(15-32-26)14-31-22-21(28)25(6,29)23(4,11-10-18-12-20(27)30-13-18)19-9-7-8-17(3)24(19,22)5/h8,10-12,16,19,21-22,28-29H,7,9,13-15H2,1-6H3/b11-10+/t19-,21+,22+,23-,24+,25+,26-/m1/s1. The first kappa shape index (κ1) is 23.7. The molecule has 4 rings (SSSR count). The molecule has 2 N–H and O–H groups in total. The van der Waals surface area contributed by atoms with E-state index < -0.39 is 28.6 Å². The highest BCUT2D eigenvalue weighted by atomic mass is 16.6. The van der Waals surface area contributed by atoms with Crippen molar-refractivity contribution in [2.24, 2.45) is 22.7 Å². The third-order valence-corrected chi connectivity index (χ3v) is 9.15. The molecule has 0 aromatic rings. The van der Waals surface area contributed by atoms with Crippen molar-refractivity contribution in [1.29, 1.82) is 0 Å². The zero-order valence-corrected chi connectivity index (χ0v) is 20.2. The summed E-state index contributed by atoms with van der Waals surface area (Å²) in [6, 6.07) is 0. The van der Waals surface area contributed by atoms with Crippen LogP contribution >= 0.6 is 0 Å². The van der Waals surface area contributed by atoms with E-state index in [1.807, 2.05) is 19.1 Å². The van der Waals surface area contributed by atoms with Gasteiger partial charge in [-0.3, -0.25) is 0 Å². The summed E-state index contributed by atoms with van der Waals surface area (Å²) in [5.74, 6) is 0.00270.